The minimum Gasteiger partial charge on any atom is -0.494 e. The van der Waals surface area contributed by atoms with Gasteiger partial charge < -0.3 is 25.4 Å². The molecule has 0 aliphatic carbocycles. The van der Waals surface area contributed by atoms with Gasteiger partial charge in [0.2, 0.25) is 0 Å². The highest BCUT2D eigenvalue weighted by molar-refractivity contribution is 14.0. The number of hydrogen-bond acceptors (Lipinski definition) is 4. The molecule has 0 bridgehead atoms. The van der Waals surface area contributed by atoms with Crippen molar-refractivity contribution >= 4 is 35.8 Å². The molecule has 0 saturated heterocycles. The summed E-state index contributed by atoms with van der Waals surface area (Å²) in [6.07, 6.45) is 1.10. The number of carbonyl (C=O) groups is 1. The summed E-state index contributed by atoms with van der Waals surface area (Å²) in [7, 11) is 1.73. The maximum absolute atomic E-state index is 12.0. The quantitative estimate of drug-likeness (QED) is 0.265. The number of halogens is 1. The highest BCUT2D eigenvalue weighted by Gasteiger charge is 2.22. The van der Waals surface area contributed by atoms with E-state index in [9.17, 15) is 4.79 Å². The van der Waals surface area contributed by atoms with Crippen molar-refractivity contribution in [3.8, 4) is 11.5 Å². The van der Waals surface area contributed by atoms with Gasteiger partial charge in [0.05, 0.1) is 6.61 Å². The molecule has 0 fully saturated rings. The normalized spacial score (nSPS) is 14.6. The van der Waals surface area contributed by atoms with Crippen molar-refractivity contribution in [3.05, 3.63) is 58.7 Å². The second-order valence-electron chi connectivity index (χ2n) is 7.47. The molecule has 174 valence electrons. The van der Waals surface area contributed by atoms with Crippen molar-refractivity contribution in [2.24, 2.45) is 4.99 Å². The zero-order valence-corrected chi connectivity index (χ0v) is 21.5. The van der Waals surface area contributed by atoms with Gasteiger partial charge in [-0.15, -0.1) is 24.0 Å². The Hall–Kier alpha value is -2.49. The first-order valence-corrected chi connectivity index (χ1v) is 10.8. The molecule has 1 aliphatic rings. The van der Waals surface area contributed by atoms with Gasteiger partial charge in [0.15, 0.2) is 5.96 Å². The second kappa shape index (κ2) is 12.5. The van der Waals surface area contributed by atoms with Gasteiger partial charge in [0.25, 0.3) is 5.91 Å². The number of guanidine groups is 1. The third kappa shape index (κ3) is 6.75. The summed E-state index contributed by atoms with van der Waals surface area (Å²) in [6.45, 7) is 8.29. The van der Waals surface area contributed by atoms with E-state index in [4.69, 9.17) is 9.47 Å². The lowest BCUT2D eigenvalue weighted by Gasteiger charge is -2.16. The minimum absolute atomic E-state index is 0. The molecule has 0 spiro atoms. The van der Waals surface area contributed by atoms with E-state index in [1.165, 1.54) is 5.56 Å². The Morgan fingerprint density at radius 2 is 1.94 bits per heavy atom. The van der Waals surface area contributed by atoms with E-state index in [0.29, 0.717) is 37.8 Å². The lowest BCUT2D eigenvalue weighted by atomic mass is 10.1. The number of nitrogens with one attached hydrogen (secondary N) is 3. The minimum atomic E-state index is -0.0662. The van der Waals surface area contributed by atoms with Gasteiger partial charge in [-0.2, -0.15) is 0 Å². The van der Waals surface area contributed by atoms with Gasteiger partial charge in [-0.1, -0.05) is 12.1 Å². The van der Waals surface area contributed by atoms with Crippen LogP contribution in [0.2, 0.25) is 0 Å². The number of fused-ring (bicyclic) bond motifs is 1. The van der Waals surface area contributed by atoms with Crippen LogP contribution in [0.3, 0.4) is 0 Å². The molecule has 0 aromatic heterocycles. The first-order valence-electron chi connectivity index (χ1n) is 10.8. The number of hydrogen-bond donors (Lipinski definition) is 3. The molecule has 3 N–H and O–H groups in total. The van der Waals surface area contributed by atoms with Crippen molar-refractivity contribution < 1.29 is 14.3 Å². The van der Waals surface area contributed by atoms with Crippen molar-refractivity contribution in [2.75, 3.05) is 20.2 Å². The van der Waals surface area contributed by atoms with Crippen LogP contribution >= 0.6 is 24.0 Å². The van der Waals surface area contributed by atoms with E-state index in [0.717, 1.165) is 29.0 Å². The van der Waals surface area contributed by atoms with Gasteiger partial charge in [0.1, 0.15) is 17.6 Å². The molecule has 1 aliphatic heterocycles. The maximum Gasteiger partial charge on any atom is 0.251 e. The van der Waals surface area contributed by atoms with Gasteiger partial charge in [-0.05, 0) is 50.6 Å². The molecule has 1 amide bonds. The summed E-state index contributed by atoms with van der Waals surface area (Å²) >= 11 is 0. The van der Waals surface area contributed by atoms with Gasteiger partial charge >= 0.3 is 0 Å². The van der Waals surface area contributed by atoms with Gasteiger partial charge in [0, 0.05) is 49.8 Å². The molecule has 2 aromatic rings. The molecule has 8 heteroatoms. The summed E-state index contributed by atoms with van der Waals surface area (Å²) < 4.78 is 11.8. The van der Waals surface area contributed by atoms with E-state index in [2.05, 4.69) is 40.0 Å². The smallest absolute Gasteiger partial charge is 0.251 e. The fourth-order valence-corrected chi connectivity index (χ4v) is 3.58. The molecular weight excluding hydrogens is 519 g/mol. The molecule has 0 radical (unpaired) electrons. The molecule has 1 heterocycles. The summed E-state index contributed by atoms with van der Waals surface area (Å²) in [4.78, 5) is 16.4. The van der Waals surface area contributed by atoms with Crippen LogP contribution in [0.15, 0.2) is 41.4 Å². The Morgan fingerprint density at radius 1 is 1.16 bits per heavy atom. The number of rotatable bonds is 8. The summed E-state index contributed by atoms with van der Waals surface area (Å²) in [5, 5.41) is 9.46. The standard InChI is InChI=1S/C24H32N4O3.HI/c1-5-26-23(29)18-9-7-8-17(11-18)14-27-24(25-4)28-15-20-13-22-19(10-16(3)31-22)12-21(20)30-6-2;/h7-9,11-13,16H,5-6,10,14-15H2,1-4H3,(H,26,29)(H2,25,27,28);1H. The molecule has 0 saturated carbocycles. The maximum atomic E-state index is 12.0. The molecule has 1 atom stereocenters. The van der Waals surface area contributed by atoms with Crippen LogP contribution in [-0.2, 0) is 19.5 Å². The van der Waals surface area contributed by atoms with E-state index in [-0.39, 0.29) is 36.0 Å². The number of carbonyl (C=O) groups excluding carboxylic acids is 1. The van der Waals surface area contributed by atoms with Crippen molar-refractivity contribution in [1.29, 1.82) is 0 Å². The molecule has 2 aromatic carbocycles. The zero-order chi connectivity index (χ0) is 22.2. The highest BCUT2D eigenvalue weighted by Crippen LogP contribution is 2.35. The lowest BCUT2D eigenvalue weighted by molar-refractivity contribution is 0.0955. The first kappa shape index (κ1) is 25.8. The van der Waals surface area contributed by atoms with Crippen LogP contribution in [0, 0.1) is 0 Å². The summed E-state index contributed by atoms with van der Waals surface area (Å²) in [5.41, 5.74) is 3.87. The van der Waals surface area contributed by atoms with Crippen molar-refractivity contribution in [3.63, 3.8) is 0 Å². The Kier molecular flexibility index (Phi) is 10.1. The predicted molar refractivity (Wildman–Crippen MR) is 138 cm³/mol. The number of amides is 1. The largest absolute Gasteiger partial charge is 0.494 e. The fourth-order valence-electron chi connectivity index (χ4n) is 3.58. The topological polar surface area (TPSA) is 84.0 Å². The molecule has 32 heavy (non-hydrogen) atoms. The Morgan fingerprint density at radius 3 is 2.66 bits per heavy atom. The van der Waals surface area contributed by atoms with Crippen LogP contribution in [0.4, 0.5) is 0 Å². The monoisotopic (exact) mass is 552 g/mol. The average Bonchev–Trinajstić information content (AvgIpc) is 3.13. The zero-order valence-electron chi connectivity index (χ0n) is 19.2. The van der Waals surface area contributed by atoms with Crippen LogP contribution in [0.1, 0.15) is 47.8 Å². The number of ether oxygens (including phenoxy) is 2. The van der Waals surface area contributed by atoms with Crippen LogP contribution in [0.5, 0.6) is 11.5 Å². The van der Waals surface area contributed by atoms with E-state index in [1.54, 1.807) is 7.05 Å². The number of benzene rings is 2. The van der Waals surface area contributed by atoms with Gasteiger partial charge in [-0.25, -0.2) is 0 Å². The molecule has 3 rings (SSSR count). The third-order valence-corrected chi connectivity index (χ3v) is 5.04. The Labute approximate surface area is 207 Å². The predicted octanol–water partition coefficient (Wildman–Crippen LogP) is 3.64. The van der Waals surface area contributed by atoms with E-state index >= 15 is 0 Å². The second-order valence-corrected chi connectivity index (χ2v) is 7.47. The average molecular weight is 552 g/mol. The summed E-state index contributed by atoms with van der Waals surface area (Å²) in [6, 6.07) is 11.7. The highest BCUT2D eigenvalue weighted by atomic mass is 127. The van der Waals surface area contributed by atoms with E-state index < -0.39 is 0 Å². The lowest BCUT2D eigenvalue weighted by Crippen LogP contribution is -2.36. The number of nitrogens with zero attached hydrogens (tertiary/aromatic N) is 1. The van der Waals surface area contributed by atoms with E-state index in [1.807, 2.05) is 38.1 Å². The third-order valence-electron chi connectivity index (χ3n) is 5.04. The molecule has 7 nitrogen and oxygen atoms in total. The van der Waals surface area contributed by atoms with Crippen molar-refractivity contribution in [2.45, 2.75) is 46.4 Å². The first-order chi connectivity index (χ1) is 15.0. The van der Waals surface area contributed by atoms with Crippen molar-refractivity contribution in [1.82, 2.24) is 16.0 Å². The Balaban J connectivity index is 0.00000363. The summed E-state index contributed by atoms with van der Waals surface area (Å²) in [5.74, 6) is 2.40. The molecule has 1 unspecified atom stereocenters. The molecular formula is C24H33IN4O3. The van der Waals surface area contributed by atoms with Crippen LogP contribution in [0.25, 0.3) is 0 Å². The van der Waals surface area contributed by atoms with Crippen LogP contribution in [-0.4, -0.2) is 38.2 Å². The number of aliphatic imine (C=N–C) groups is 1. The SMILES string of the molecule is CCNC(=O)c1cccc(CNC(=NC)NCc2cc3c(cc2OCC)CC(C)O3)c1.I. The Bertz CT molecular complexity index is 949. The van der Waals surface area contributed by atoms with Gasteiger partial charge in [-0.3, -0.25) is 9.79 Å². The van der Waals surface area contributed by atoms with Crippen LogP contribution < -0.4 is 25.4 Å². The fraction of sp³-hybridized carbons (Fsp3) is 0.417.